The monoisotopic (exact) mass is 312 g/mol. The van der Waals surface area contributed by atoms with Crippen molar-refractivity contribution in [1.29, 1.82) is 5.26 Å². The van der Waals surface area contributed by atoms with Gasteiger partial charge in [-0.15, -0.1) is 0 Å². The van der Waals surface area contributed by atoms with Crippen molar-refractivity contribution >= 4 is 35.2 Å². The minimum absolute atomic E-state index is 0.00583. The van der Waals surface area contributed by atoms with Gasteiger partial charge in [0.2, 0.25) is 0 Å². The number of carbonyl (C=O) groups excluding carboxylic acids is 1. The first-order chi connectivity index (χ1) is 9.40. The van der Waals surface area contributed by atoms with Gasteiger partial charge in [0.1, 0.15) is 11.6 Å². The summed E-state index contributed by atoms with van der Waals surface area (Å²) in [5, 5.41) is 9.69. The van der Waals surface area contributed by atoms with E-state index in [-0.39, 0.29) is 11.5 Å². The Morgan fingerprint density at radius 2 is 1.95 bits per heavy atom. The average molecular weight is 313 g/mol. The lowest BCUT2D eigenvalue weighted by Gasteiger charge is -2.10. The molecule has 0 aliphatic rings. The van der Waals surface area contributed by atoms with E-state index in [0.717, 1.165) is 0 Å². The van der Waals surface area contributed by atoms with Crippen molar-refractivity contribution in [1.82, 2.24) is 4.90 Å². The second-order valence-electron chi connectivity index (χ2n) is 4.12. The molecule has 0 fully saturated rings. The van der Waals surface area contributed by atoms with E-state index < -0.39 is 0 Å². The average Bonchev–Trinajstić information content (AvgIpc) is 2.39. The molecule has 0 unspecified atom stereocenters. The molecular weight excluding hydrogens is 299 g/mol. The maximum Gasteiger partial charge on any atom is 0.264 e. The topological polar surface area (TPSA) is 53.3 Å². The third kappa shape index (κ3) is 3.89. The highest BCUT2D eigenvalue weighted by atomic mass is 35.5. The van der Waals surface area contributed by atoms with Crippen LogP contribution in [-0.2, 0) is 4.79 Å². The summed E-state index contributed by atoms with van der Waals surface area (Å²) in [7, 11) is 3.15. The van der Waals surface area contributed by atoms with Gasteiger partial charge in [-0.1, -0.05) is 23.2 Å². The van der Waals surface area contributed by atoms with E-state index in [1.807, 2.05) is 13.0 Å². The normalized spacial score (nSPS) is 10.9. The summed E-state index contributed by atoms with van der Waals surface area (Å²) >= 11 is 12.1. The van der Waals surface area contributed by atoms with E-state index in [0.29, 0.717) is 28.0 Å². The molecule has 1 aromatic rings. The van der Waals surface area contributed by atoms with E-state index in [1.54, 1.807) is 26.2 Å². The van der Waals surface area contributed by atoms with Crippen LogP contribution in [-0.4, -0.2) is 31.5 Å². The Morgan fingerprint density at radius 1 is 1.40 bits per heavy atom. The zero-order chi connectivity index (χ0) is 15.3. The van der Waals surface area contributed by atoms with E-state index in [4.69, 9.17) is 33.2 Å². The van der Waals surface area contributed by atoms with Crippen LogP contribution in [0.25, 0.3) is 6.08 Å². The highest BCUT2D eigenvalue weighted by molar-refractivity contribution is 6.37. The Morgan fingerprint density at radius 3 is 2.35 bits per heavy atom. The third-order valence-electron chi connectivity index (χ3n) is 2.38. The number of nitrogens with zero attached hydrogens (tertiary/aromatic N) is 2. The van der Waals surface area contributed by atoms with Gasteiger partial charge in [0.15, 0.2) is 5.75 Å². The van der Waals surface area contributed by atoms with Gasteiger partial charge in [0.05, 0.1) is 16.7 Å². The number of hydrogen-bond donors (Lipinski definition) is 0. The molecule has 0 heterocycles. The molecule has 0 atom stereocenters. The first-order valence-corrected chi connectivity index (χ1v) is 6.61. The Hall–Kier alpha value is -1.70. The fraction of sp³-hybridized carbons (Fsp3) is 0.286. The minimum atomic E-state index is -0.381. The summed E-state index contributed by atoms with van der Waals surface area (Å²) in [6, 6.07) is 5.05. The van der Waals surface area contributed by atoms with Crippen molar-refractivity contribution in [3.8, 4) is 11.8 Å². The Labute approximate surface area is 128 Å². The standard InChI is InChI=1S/C14H14Cl2N2O2/c1-4-20-13-11(15)6-9(7-12(13)16)5-10(8-17)14(19)18(2)3/h5-7H,4H2,1-3H3/b10-5-. The quantitative estimate of drug-likeness (QED) is 0.632. The van der Waals surface area contributed by atoms with Gasteiger partial charge < -0.3 is 9.64 Å². The van der Waals surface area contributed by atoms with Crippen molar-refractivity contribution < 1.29 is 9.53 Å². The SMILES string of the molecule is CCOc1c(Cl)cc(/C=C(/C#N)C(=O)N(C)C)cc1Cl. The zero-order valence-electron chi connectivity index (χ0n) is 11.4. The summed E-state index contributed by atoms with van der Waals surface area (Å²) in [5.74, 6) is 0.0130. The van der Waals surface area contributed by atoms with Crippen LogP contribution in [0.2, 0.25) is 10.0 Å². The van der Waals surface area contributed by atoms with Crippen molar-refractivity contribution in [2.24, 2.45) is 0 Å². The zero-order valence-corrected chi connectivity index (χ0v) is 12.9. The van der Waals surface area contributed by atoms with Gasteiger partial charge in [-0.05, 0) is 30.7 Å². The van der Waals surface area contributed by atoms with Crippen LogP contribution in [0.1, 0.15) is 12.5 Å². The minimum Gasteiger partial charge on any atom is -0.491 e. The highest BCUT2D eigenvalue weighted by Gasteiger charge is 2.13. The van der Waals surface area contributed by atoms with Gasteiger partial charge >= 0.3 is 0 Å². The molecule has 0 saturated carbocycles. The Bertz CT molecular complexity index is 566. The first kappa shape index (κ1) is 16.4. The molecule has 0 radical (unpaired) electrons. The molecule has 4 nitrogen and oxygen atoms in total. The van der Waals surface area contributed by atoms with Gasteiger partial charge in [-0.3, -0.25) is 4.79 Å². The predicted molar refractivity (Wildman–Crippen MR) is 79.9 cm³/mol. The van der Waals surface area contributed by atoms with Gasteiger partial charge in [-0.25, -0.2) is 0 Å². The van der Waals surface area contributed by atoms with Gasteiger partial charge in [-0.2, -0.15) is 5.26 Å². The summed E-state index contributed by atoms with van der Waals surface area (Å²) in [4.78, 5) is 13.1. The maximum absolute atomic E-state index is 11.8. The Balaban J connectivity index is 3.22. The molecule has 0 bridgehead atoms. The molecule has 0 aliphatic carbocycles. The molecule has 1 rings (SSSR count). The molecule has 106 valence electrons. The lowest BCUT2D eigenvalue weighted by atomic mass is 10.1. The lowest BCUT2D eigenvalue weighted by molar-refractivity contribution is -0.124. The van der Waals surface area contributed by atoms with Crippen LogP contribution in [0.3, 0.4) is 0 Å². The van der Waals surface area contributed by atoms with Crippen LogP contribution < -0.4 is 4.74 Å². The number of ether oxygens (including phenoxy) is 1. The molecule has 1 aromatic carbocycles. The number of likely N-dealkylation sites (N-methyl/N-ethyl adjacent to an activating group) is 1. The fourth-order valence-corrected chi connectivity index (χ4v) is 2.11. The van der Waals surface area contributed by atoms with Crippen molar-refractivity contribution in [3.63, 3.8) is 0 Å². The number of amides is 1. The smallest absolute Gasteiger partial charge is 0.264 e. The number of carbonyl (C=O) groups is 1. The largest absolute Gasteiger partial charge is 0.491 e. The molecule has 0 aromatic heterocycles. The molecule has 6 heteroatoms. The van der Waals surface area contributed by atoms with Crippen molar-refractivity contribution in [3.05, 3.63) is 33.3 Å². The van der Waals surface area contributed by atoms with Gasteiger partial charge in [0, 0.05) is 14.1 Å². The molecule has 1 amide bonds. The van der Waals surface area contributed by atoms with Crippen LogP contribution in [0.15, 0.2) is 17.7 Å². The summed E-state index contributed by atoms with van der Waals surface area (Å²) in [6.45, 7) is 2.27. The summed E-state index contributed by atoms with van der Waals surface area (Å²) < 4.78 is 5.31. The van der Waals surface area contributed by atoms with Crippen LogP contribution in [0, 0.1) is 11.3 Å². The third-order valence-corrected chi connectivity index (χ3v) is 2.94. The molecule has 0 spiro atoms. The molecule has 0 N–H and O–H groups in total. The summed E-state index contributed by atoms with van der Waals surface area (Å²) in [6.07, 6.45) is 1.44. The second kappa shape index (κ2) is 7.18. The molecule has 0 aliphatic heterocycles. The summed E-state index contributed by atoms with van der Waals surface area (Å²) in [5.41, 5.74) is 0.571. The van der Waals surface area contributed by atoms with E-state index in [2.05, 4.69) is 0 Å². The maximum atomic E-state index is 11.8. The molecular formula is C14H14Cl2N2O2. The van der Waals surface area contributed by atoms with Crippen LogP contribution >= 0.6 is 23.2 Å². The van der Waals surface area contributed by atoms with Crippen LogP contribution in [0.5, 0.6) is 5.75 Å². The molecule has 0 saturated heterocycles. The van der Waals surface area contributed by atoms with E-state index in [9.17, 15) is 4.79 Å². The number of benzene rings is 1. The number of halogens is 2. The Kier molecular flexibility index (Phi) is 5.87. The predicted octanol–water partition coefficient (Wildman–Crippen LogP) is 3.39. The second-order valence-corrected chi connectivity index (χ2v) is 4.93. The fourth-order valence-electron chi connectivity index (χ4n) is 1.49. The van der Waals surface area contributed by atoms with E-state index >= 15 is 0 Å². The van der Waals surface area contributed by atoms with Crippen molar-refractivity contribution in [2.45, 2.75) is 6.92 Å². The molecule has 20 heavy (non-hydrogen) atoms. The number of rotatable bonds is 4. The first-order valence-electron chi connectivity index (χ1n) is 5.86. The number of hydrogen-bond acceptors (Lipinski definition) is 3. The highest BCUT2D eigenvalue weighted by Crippen LogP contribution is 2.34. The van der Waals surface area contributed by atoms with Gasteiger partial charge in [0.25, 0.3) is 5.91 Å². The number of nitriles is 1. The van der Waals surface area contributed by atoms with Crippen molar-refractivity contribution in [2.75, 3.05) is 20.7 Å². The van der Waals surface area contributed by atoms with Crippen LogP contribution in [0.4, 0.5) is 0 Å². The lowest BCUT2D eigenvalue weighted by Crippen LogP contribution is -2.22. The van der Waals surface area contributed by atoms with E-state index in [1.165, 1.54) is 11.0 Å².